The molecule has 1 unspecified atom stereocenters. The van der Waals surface area contributed by atoms with E-state index in [4.69, 9.17) is 14.9 Å². The van der Waals surface area contributed by atoms with Crippen LogP contribution in [0.5, 0.6) is 5.75 Å². The zero-order valence-electron chi connectivity index (χ0n) is 10.3. The molecular weight excluding hydrogens is 238 g/mol. The van der Waals surface area contributed by atoms with E-state index in [1.54, 1.807) is 13.0 Å². The molecule has 0 aliphatic heterocycles. The summed E-state index contributed by atoms with van der Waals surface area (Å²) in [4.78, 5) is 11.1. The van der Waals surface area contributed by atoms with Crippen molar-refractivity contribution in [3.05, 3.63) is 23.3 Å². The summed E-state index contributed by atoms with van der Waals surface area (Å²) in [6.45, 7) is 1.48. The summed E-state index contributed by atoms with van der Waals surface area (Å²) >= 11 is 0. The molecule has 1 aromatic rings. The third kappa shape index (κ3) is 3.35. The number of aliphatic hydroxyl groups is 2. The highest BCUT2D eigenvalue weighted by Crippen LogP contribution is 2.26. The number of carbonyl (C=O) groups is 1. The van der Waals surface area contributed by atoms with Crippen LogP contribution in [0.15, 0.2) is 12.1 Å². The van der Waals surface area contributed by atoms with Crippen molar-refractivity contribution in [2.75, 3.05) is 25.6 Å². The Morgan fingerprint density at radius 3 is 2.67 bits per heavy atom. The molecule has 4 N–H and O–H groups in total. The number of carboxylic acids is 1. The van der Waals surface area contributed by atoms with Gasteiger partial charge in [0, 0.05) is 12.2 Å². The van der Waals surface area contributed by atoms with Crippen LogP contribution in [0.2, 0.25) is 0 Å². The first kappa shape index (κ1) is 14.3. The van der Waals surface area contributed by atoms with Crippen LogP contribution in [0.3, 0.4) is 0 Å². The van der Waals surface area contributed by atoms with Crippen LogP contribution in [0.4, 0.5) is 5.69 Å². The van der Waals surface area contributed by atoms with E-state index < -0.39 is 12.1 Å². The molecule has 0 fully saturated rings. The van der Waals surface area contributed by atoms with Crippen LogP contribution >= 0.6 is 0 Å². The number of hydrogen-bond donors (Lipinski definition) is 4. The first-order chi connectivity index (χ1) is 8.49. The minimum Gasteiger partial charge on any atom is -0.496 e. The van der Waals surface area contributed by atoms with Crippen molar-refractivity contribution in [2.45, 2.75) is 13.0 Å². The highest BCUT2D eigenvalue weighted by molar-refractivity contribution is 5.95. The molecule has 1 aromatic carbocycles. The number of ether oxygens (including phenoxy) is 1. The minimum absolute atomic E-state index is 0.0580. The van der Waals surface area contributed by atoms with E-state index in [2.05, 4.69) is 5.32 Å². The Labute approximate surface area is 105 Å². The summed E-state index contributed by atoms with van der Waals surface area (Å²) in [5.74, 6) is -0.602. The van der Waals surface area contributed by atoms with Crippen molar-refractivity contribution >= 4 is 11.7 Å². The van der Waals surface area contributed by atoms with Crippen LogP contribution in [-0.2, 0) is 0 Å². The van der Waals surface area contributed by atoms with E-state index >= 15 is 0 Å². The van der Waals surface area contributed by atoms with Crippen molar-refractivity contribution in [3.8, 4) is 5.75 Å². The lowest BCUT2D eigenvalue weighted by atomic mass is 10.1. The predicted molar refractivity (Wildman–Crippen MR) is 66.3 cm³/mol. The van der Waals surface area contributed by atoms with Gasteiger partial charge in [-0.2, -0.15) is 0 Å². The molecule has 6 heteroatoms. The fourth-order valence-corrected chi connectivity index (χ4v) is 1.52. The summed E-state index contributed by atoms with van der Waals surface area (Å²) in [5.41, 5.74) is 1.22. The molecule has 0 radical (unpaired) electrons. The Hall–Kier alpha value is -1.79. The van der Waals surface area contributed by atoms with Gasteiger partial charge in [-0.1, -0.05) is 0 Å². The number of aromatic carboxylic acids is 1. The Morgan fingerprint density at radius 2 is 2.17 bits per heavy atom. The number of hydrogen-bond acceptors (Lipinski definition) is 5. The van der Waals surface area contributed by atoms with Gasteiger partial charge < -0.3 is 25.4 Å². The zero-order chi connectivity index (χ0) is 13.7. The Morgan fingerprint density at radius 1 is 1.50 bits per heavy atom. The van der Waals surface area contributed by atoms with E-state index in [0.29, 0.717) is 11.4 Å². The molecule has 18 heavy (non-hydrogen) atoms. The number of anilines is 1. The quantitative estimate of drug-likeness (QED) is 0.589. The van der Waals surface area contributed by atoms with Gasteiger partial charge in [-0.05, 0) is 24.6 Å². The molecule has 0 aliphatic rings. The first-order valence-electron chi connectivity index (χ1n) is 5.44. The summed E-state index contributed by atoms with van der Waals surface area (Å²) < 4.78 is 5.06. The Balaban J connectivity index is 3.01. The molecule has 0 aliphatic carbocycles. The third-order valence-electron chi connectivity index (χ3n) is 2.50. The molecule has 6 nitrogen and oxygen atoms in total. The molecule has 0 bridgehead atoms. The van der Waals surface area contributed by atoms with Gasteiger partial charge in [0.1, 0.15) is 5.75 Å². The molecule has 0 aromatic heterocycles. The van der Waals surface area contributed by atoms with Gasteiger partial charge in [0.15, 0.2) is 0 Å². The Kier molecular flexibility index (Phi) is 4.94. The maximum atomic E-state index is 11.1. The maximum Gasteiger partial charge on any atom is 0.337 e. The van der Waals surface area contributed by atoms with Crippen LogP contribution in [-0.4, -0.2) is 47.7 Å². The lowest BCUT2D eigenvalue weighted by molar-refractivity contribution is 0.0697. The highest BCUT2D eigenvalue weighted by atomic mass is 16.5. The number of nitrogens with one attached hydrogen (secondary N) is 1. The molecule has 0 saturated carbocycles. The van der Waals surface area contributed by atoms with Crippen molar-refractivity contribution < 1.29 is 24.9 Å². The summed E-state index contributed by atoms with van der Waals surface area (Å²) in [5, 5.41) is 29.8. The smallest absolute Gasteiger partial charge is 0.337 e. The van der Waals surface area contributed by atoms with Crippen molar-refractivity contribution in [1.29, 1.82) is 0 Å². The van der Waals surface area contributed by atoms with Crippen LogP contribution in [0.25, 0.3) is 0 Å². The molecule has 0 amide bonds. The summed E-state index contributed by atoms with van der Waals surface area (Å²) in [6, 6.07) is 3.05. The standard InChI is InChI=1S/C12H17NO5/c1-7-3-10(13-5-8(15)6-14)9(12(16)17)4-11(7)18-2/h3-4,8,13-15H,5-6H2,1-2H3,(H,16,17). The second-order valence-corrected chi connectivity index (χ2v) is 3.89. The molecule has 0 heterocycles. The van der Waals surface area contributed by atoms with E-state index in [0.717, 1.165) is 5.56 Å². The second-order valence-electron chi connectivity index (χ2n) is 3.89. The zero-order valence-corrected chi connectivity index (χ0v) is 10.3. The number of aliphatic hydroxyl groups excluding tert-OH is 2. The van der Waals surface area contributed by atoms with Crippen molar-refractivity contribution in [2.24, 2.45) is 0 Å². The van der Waals surface area contributed by atoms with E-state index in [1.165, 1.54) is 13.2 Å². The number of rotatable bonds is 6. The van der Waals surface area contributed by atoms with Crippen molar-refractivity contribution in [3.63, 3.8) is 0 Å². The second kappa shape index (κ2) is 6.23. The topological polar surface area (TPSA) is 99.0 Å². The molecule has 100 valence electrons. The average molecular weight is 255 g/mol. The van der Waals surface area contributed by atoms with E-state index in [1.807, 2.05) is 0 Å². The monoisotopic (exact) mass is 255 g/mol. The normalized spacial score (nSPS) is 12.0. The van der Waals surface area contributed by atoms with Gasteiger partial charge in [0.25, 0.3) is 0 Å². The predicted octanol–water partition coefficient (Wildman–Crippen LogP) is 0.467. The van der Waals surface area contributed by atoms with Gasteiger partial charge in [-0.25, -0.2) is 4.79 Å². The van der Waals surface area contributed by atoms with Crippen LogP contribution in [0, 0.1) is 6.92 Å². The fourth-order valence-electron chi connectivity index (χ4n) is 1.52. The number of methoxy groups -OCH3 is 1. The number of carboxylic acid groups (broad SMARTS) is 1. The number of aryl methyl sites for hydroxylation is 1. The molecule has 1 atom stereocenters. The van der Waals surface area contributed by atoms with Gasteiger partial charge in [0.2, 0.25) is 0 Å². The number of benzene rings is 1. The van der Waals surface area contributed by atoms with Gasteiger partial charge in [-0.15, -0.1) is 0 Å². The largest absolute Gasteiger partial charge is 0.496 e. The third-order valence-corrected chi connectivity index (χ3v) is 2.50. The van der Waals surface area contributed by atoms with Gasteiger partial charge in [0.05, 0.1) is 25.4 Å². The average Bonchev–Trinajstić information content (AvgIpc) is 2.35. The van der Waals surface area contributed by atoms with Gasteiger partial charge >= 0.3 is 5.97 Å². The lowest BCUT2D eigenvalue weighted by Crippen LogP contribution is -2.23. The first-order valence-corrected chi connectivity index (χ1v) is 5.44. The van der Waals surface area contributed by atoms with Crippen LogP contribution in [0.1, 0.15) is 15.9 Å². The highest BCUT2D eigenvalue weighted by Gasteiger charge is 2.14. The van der Waals surface area contributed by atoms with Crippen LogP contribution < -0.4 is 10.1 Å². The molecular formula is C12H17NO5. The fraction of sp³-hybridized carbons (Fsp3) is 0.417. The molecule has 0 saturated heterocycles. The van der Waals surface area contributed by atoms with Crippen molar-refractivity contribution in [1.82, 2.24) is 0 Å². The minimum atomic E-state index is -1.09. The van der Waals surface area contributed by atoms with Gasteiger partial charge in [-0.3, -0.25) is 0 Å². The Bertz CT molecular complexity index is 433. The lowest BCUT2D eigenvalue weighted by Gasteiger charge is -2.15. The molecule has 1 rings (SSSR count). The SMILES string of the molecule is COc1cc(C(=O)O)c(NCC(O)CO)cc1C. The summed E-state index contributed by atoms with van der Waals surface area (Å²) in [7, 11) is 1.47. The maximum absolute atomic E-state index is 11.1. The van der Waals surface area contributed by atoms with E-state index in [9.17, 15) is 9.90 Å². The van der Waals surface area contributed by atoms with E-state index in [-0.39, 0.29) is 18.7 Å². The molecule has 0 spiro atoms. The summed E-state index contributed by atoms with van der Waals surface area (Å²) in [6.07, 6.45) is -0.936.